The van der Waals surface area contributed by atoms with Crippen LogP contribution in [0.1, 0.15) is 28.3 Å². The van der Waals surface area contributed by atoms with E-state index in [0.717, 1.165) is 16.7 Å². The summed E-state index contributed by atoms with van der Waals surface area (Å²) in [4.78, 5) is 0. The number of rotatable bonds is 6. The maximum absolute atomic E-state index is 14.9. The molecule has 0 saturated carbocycles. The van der Waals surface area contributed by atoms with Crippen molar-refractivity contribution in [2.45, 2.75) is 32.9 Å². The van der Waals surface area contributed by atoms with Gasteiger partial charge < -0.3 is 14.2 Å². The van der Waals surface area contributed by atoms with E-state index in [2.05, 4.69) is 0 Å². The highest BCUT2D eigenvalue weighted by molar-refractivity contribution is 5.77. The first-order chi connectivity index (χ1) is 14.5. The normalized spacial score (nSPS) is 12.4. The van der Waals surface area contributed by atoms with Crippen LogP contribution in [0.3, 0.4) is 0 Å². The predicted octanol–water partition coefficient (Wildman–Crippen LogP) is 4.50. The number of halogens is 1. The number of aryl methyl sites for hydroxylation is 2. The lowest BCUT2D eigenvalue weighted by atomic mass is 10.0. The standard InChI is InChI=1S/C25H26FN3O/c1-17-6-10-19(11-7-17)14-21(16-30)29-24-22(26)4-3-5-23(24)28(25(29)27)15-20-12-8-18(2)9-13-20/h3-13,21,27,30H,14-16H2,1-2H3/t21-/m0/s1. The van der Waals surface area contributed by atoms with Gasteiger partial charge in [0.1, 0.15) is 11.3 Å². The summed E-state index contributed by atoms with van der Waals surface area (Å²) >= 11 is 0. The van der Waals surface area contributed by atoms with Gasteiger partial charge in [-0.2, -0.15) is 0 Å². The Kier molecular flexibility index (Phi) is 5.55. The van der Waals surface area contributed by atoms with Crippen LogP contribution >= 0.6 is 0 Å². The summed E-state index contributed by atoms with van der Waals surface area (Å²) in [5.41, 5.74) is 5.62. The molecular formula is C25H26FN3O. The first-order valence-corrected chi connectivity index (χ1v) is 10.1. The number of hydrogen-bond acceptors (Lipinski definition) is 2. The van der Waals surface area contributed by atoms with Crippen LogP contribution in [0.15, 0.2) is 66.7 Å². The molecule has 1 aromatic heterocycles. The van der Waals surface area contributed by atoms with E-state index in [0.29, 0.717) is 24.0 Å². The summed E-state index contributed by atoms with van der Waals surface area (Å²) in [7, 11) is 0. The first-order valence-electron chi connectivity index (χ1n) is 10.1. The Morgan fingerprint density at radius 3 is 2.10 bits per heavy atom. The second-order valence-electron chi connectivity index (χ2n) is 7.90. The van der Waals surface area contributed by atoms with Crippen molar-refractivity contribution in [3.05, 3.63) is 100 Å². The van der Waals surface area contributed by atoms with Crippen LogP contribution < -0.4 is 5.62 Å². The van der Waals surface area contributed by atoms with Gasteiger partial charge in [-0.25, -0.2) is 4.39 Å². The zero-order chi connectivity index (χ0) is 21.3. The molecule has 1 atom stereocenters. The lowest BCUT2D eigenvalue weighted by molar-refractivity contribution is 0.225. The molecule has 5 heteroatoms. The van der Waals surface area contributed by atoms with Crippen LogP contribution in [-0.2, 0) is 13.0 Å². The number of nitrogens with zero attached hydrogens (tertiary/aromatic N) is 2. The number of imidazole rings is 1. The molecule has 3 aromatic carbocycles. The van der Waals surface area contributed by atoms with E-state index >= 15 is 0 Å². The van der Waals surface area contributed by atoms with Crippen LogP contribution in [0.5, 0.6) is 0 Å². The maximum Gasteiger partial charge on any atom is 0.203 e. The minimum Gasteiger partial charge on any atom is -0.394 e. The molecule has 0 fully saturated rings. The van der Waals surface area contributed by atoms with Gasteiger partial charge in [0.05, 0.1) is 24.7 Å². The van der Waals surface area contributed by atoms with Crippen LogP contribution in [0.4, 0.5) is 4.39 Å². The fourth-order valence-electron chi connectivity index (χ4n) is 3.94. The number of para-hydroxylation sites is 1. The van der Waals surface area contributed by atoms with Crippen LogP contribution in [0.25, 0.3) is 11.0 Å². The van der Waals surface area contributed by atoms with Gasteiger partial charge >= 0.3 is 0 Å². The summed E-state index contributed by atoms with van der Waals surface area (Å²) in [5, 5.41) is 19.0. The molecule has 0 saturated heterocycles. The highest BCUT2D eigenvalue weighted by Gasteiger charge is 2.21. The van der Waals surface area contributed by atoms with Crippen molar-refractivity contribution in [2.75, 3.05) is 6.61 Å². The molecule has 0 radical (unpaired) electrons. The highest BCUT2D eigenvalue weighted by atomic mass is 19.1. The molecule has 0 aliphatic heterocycles. The molecular weight excluding hydrogens is 377 g/mol. The van der Waals surface area contributed by atoms with Gasteiger partial charge in [0.15, 0.2) is 0 Å². The summed E-state index contributed by atoms with van der Waals surface area (Å²) in [6.45, 7) is 4.35. The SMILES string of the molecule is Cc1ccc(C[C@@H](CO)n2c(=N)n(Cc3ccc(C)cc3)c3cccc(F)c32)cc1. The van der Waals surface area contributed by atoms with Crippen molar-refractivity contribution in [1.29, 1.82) is 5.41 Å². The van der Waals surface area contributed by atoms with Crippen molar-refractivity contribution >= 4 is 11.0 Å². The van der Waals surface area contributed by atoms with Crippen molar-refractivity contribution in [3.8, 4) is 0 Å². The van der Waals surface area contributed by atoms with Gasteiger partial charge in [-0.1, -0.05) is 65.7 Å². The Morgan fingerprint density at radius 1 is 0.900 bits per heavy atom. The maximum atomic E-state index is 14.9. The average molecular weight is 404 g/mol. The largest absolute Gasteiger partial charge is 0.394 e. The smallest absolute Gasteiger partial charge is 0.203 e. The Bertz CT molecular complexity index is 1220. The highest BCUT2D eigenvalue weighted by Crippen LogP contribution is 2.24. The van der Waals surface area contributed by atoms with Gasteiger partial charge in [-0.15, -0.1) is 0 Å². The second-order valence-corrected chi connectivity index (χ2v) is 7.90. The van der Waals surface area contributed by atoms with Crippen molar-refractivity contribution in [3.63, 3.8) is 0 Å². The number of aliphatic hydroxyl groups excluding tert-OH is 1. The molecule has 4 aromatic rings. The Hall–Kier alpha value is -3.18. The third-order valence-electron chi connectivity index (χ3n) is 5.61. The zero-order valence-electron chi connectivity index (χ0n) is 17.3. The van der Waals surface area contributed by atoms with Crippen molar-refractivity contribution in [1.82, 2.24) is 9.13 Å². The van der Waals surface area contributed by atoms with Gasteiger partial charge in [-0.05, 0) is 43.5 Å². The summed E-state index contributed by atoms with van der Waals surface area (Å²) in [5.74, 6) is -0.383. The molecule has 0 aliphatic rings. The molecule has 1 heterocycles. The Balaban J connectivity index is 1.82. The Morgan fingerprint density at radius 2 is 1.50 bits per heavy atom. The number of benzene rings is 3. The lowest BCUT2D eigenvalue weighted by Gasteiger charge is -2.18. The molecule has 30 heavy (non-hydrogen) atoms. The Labute approximate surface area is 175 Å². The third kappa shape index (κ3) is 3.81. The van der Waals surface area contributed by atoms with Gasteiger partial charge in [-0.3, -0.25) is 5.41 Å². The monoisotopic (exact) mass is 403 g/mol. The number of aliphatic hydroxyl groups is 1. The summed E-state index contributed by atoms with van der Waals surface area (Å²) in [6.07, 6.45) is 0.519. The first kappa shape index (κ1) is 20.1. The minimum atomic E-state index is -0.432. The molecule has 0 aliphatic carbocycles. The topological polar surface area (TPSA) is 53.9 Å². The second kappa shape index (κ2) is 8.28. The average Bonchev–Trinajstić information content (AvgIpc) is 3.02. The molecule has 2 N–H and O–H groups in total. The van der Waals surface area contributed by atoms with Gasteiger partial charge in [0.2, 0.25) is 5.62 Å². The number of nitrogens with one attached hydrogen (secondary N) is 1. The fraction of sp³-hybridized carbons (Fsp3) is 0.240. The number of hydrogen-bond donors (Lipinski definition) is 2. The molecule has 0 unspecified atom stereocenters. The molecule has 4 rings (SSSR count). The van der Waals surface area contributed by atoms with E-state index in [9.17, 15) is 9.50 Å². The molecule has 0 spiro atoms. The van der Waals surface area contributed by atoms with Crippen LogP contribution in [0.2, 0.25) is 0 Å². The van der Waals surface area contributed by atoms with Crippen LogP contribution in [-0.4, -0.2) is 20.8 Å². The minimum absolute atomic E-state index is 0.178. The number of fused-ring (bicyclic) bond motifs is 1. The lowest BCUT2D eigenvalue weighted by Crippen LogP contribution is -2.31. The van der Waals surface area contributed by atoms with Crippen LogP contribution in [0, 0.1) is 25.1 Å². The quantitative estimate of drug-likeness (QED) is 0.489. The van der Waals surface area contributed by atoms with E-state index in [4.69, 9.17) is 5.41 Å². The predicted molar refractivity (Wildman–Crippen MR) is 117 cm³/mol. The van der Waals surface area contributed by atoms with E-state index in [1.54, 1.807) is 15.2 Å². The van der Waals surface area contributed by atoms with E-state index < -0.39 is 6.04 Å². The third-order valence-corrected chi connectivity index (χ3v) is 5.61. The molecule has 4 nitrogen and oxygen atoms in total. The van der Waals surface area contributed by atoms with Crippen molar-refractivity contribution < 1.29 is 9.50 Å². The fourth-order valence-corrected chi connectivity index (χ4v) is 3.94. The number of aromatic nitrogens is 2. The van der Waals surface area contributed by atoms with E-state index in [1.165, 1.54) is 11.6 Å². The van der Waals surface area contributed by atoms with E-state index in [-0.39, 0.29) is 18.0 Å². The van der Waals surface area contributed by atoms with E-state index in [1.807, 2.05) is 68.4 Å². The summed E-state index contributed by atoms with van der Waals surface area (Å²) < 4.78 is 18.4. The van der Waals surface area contributed by atoms with Crippen molar-refractivity contribution in [2.24, 2.45) is 0 Å². The molecule has 0 amide bonds. The molecule has 0 bridgehead atoms. The van der Waals surface area contributed by atoms with Gasteiger partial charge in [0, 0.05) is 0 Å². The summed E-state index contributed by atoms with van der Waals surface area (Å²) in [6, 6.07) is 20.7. The molecule has 154 valence electrons. The van der Waals surface area contributed by atoms with Gasteiger partial charge in [0.25, 0.3) is 0 Å². The zero-order valence-corrected chi connectivity index (χ0v) is 17.3.